The van der Waals surface area contributed by atoms with E-state index in [1.54, 1.807) is 4.68 Å². The summed E-state index contributed by atoms with van der Waals surface area (Å²) < 4.78 is 12.2. The minimum atomic E-state index is -0.270. The lowest BCUT2D eigenvalue weighted by molar-refractivity contribution is 0.318. The Kier molecular flexibility index (Phi) is 5.37. The highest BCUT2D eigenvalue weighted by Crippen LogP contribution is 2.28. The van der Waals surface area contributed by atoms with Gasteiger partial charge in [-0.3, -0.25) is 4.79 Å². The van der Waals surface area contributed by atoms with Crippen molar-refractivity contribution in [2.45, 2.75) is 39.7 Å². The molecule has 0 aliphatic carbocycles. The summed E-state index contributed by atoms with van der Waals surface area (Å²) in [5, 5.41) is 8.42. The monoisotopic (exact) mass is 394 g/mol. The summed E-state index contributed by atoms with van der Waals surface area (Å²) >= 11 is 0. The van der Waals surface area contributed by atoms with Crippen LogP contribution in [0.2, 0.25) is 0 Å². The maximum Gasteiger partial charge on any atom is 0.277 e. The average molecular weight is 394 g/mol. The van der Waals surface area contributed by atoms with Crippen molar-refractivity contribution in [1.29, 1.82) is 0 Å². The molecule has 3 aromatic heterocycles. The number of aromatic nitrogens is 6. The summed E-state index contributed by atoms with van der Waals surface area (Å²) in [6.45, 7) is 4.93. The predicted molar refractivity (Wildman–Crippen MR) is 107 cm³/mol. The third kappa shape index (κ3) is 3.75. The van der Waals surface area contributed by atoms with Crippen LogP contribution < -0.4 is 10.3 Å². The second-order valence-electron chi connectivity index (χ2n) is 6.66. The number of H-pyrrole nitrogens is 1. The van der Waals surface area contributed by atoms with Crippen molar-refractivity contribution < 1.29 is 9.26 Å². The molecule has 0 amide bonds. The van der Waals surface area contributed by atoms with Gasteiger partial charge in [-0.1, -0.05) is 37.6 Å². The molecule has 4 aromatic rings. The number of hydrogen-bond donors (Lipinski definition) is 1. The van der Waals surface area contributed by atoms with Gasteiger partial charge in [0, 0.05) is 0 Å². The van der Waals surface area contributed by atoms with Crippen molar-refractivity contribution in [2.75, 3.05) is 6.61 Å². The van der Waals surface area contributed by atoms with Crippen LogP contribution in [0.5, 0.6) is 5.75 Å². The minimum absolute atomic E-state index is 0.233. The van der Waals surface area contributed by atoms with E-state index in [1.165, 1.54) is 6.39 Å². The van der Waals surface area contributed by atoms with Gasteiger partial charge >= 0.3 is 0 Å². The predicted octanol–water partition coefficient (Wildman–Crippen LogP) is 2.96. The summed E-state index contributed by atoms with van der Waals surface area (Å²) in [4.78, 5) is 24.7. The number of aromatic amines is 1. The van der Waals surface area contributed by atoms with E-state index in [4.69, 9.17) is 14.2 Å². The summed E-state index contributed by atoms with van der Waals surface area (Å²) in [6, 6.07) is 7.56. The molecule has 29 heavy (non-hydrogen) atoms. The summed E-state index contributed by atoms with van der Waals surface area (Å²) in [7, 11) is 0. The fraction of sp³-hybridized carbons (Fsp3) is 0.350. The lowest BCUT2D eigenvalue weighted by Crippen LogP contribution is -2.15. The molecule has 9 nitrogen and oxygen atoms in total. The molecule has 150 valence electrons. The zero-order valence-electron chi connectivity index (χ0n) is 16.4. The quantitative estimate of drug-likeness (QED) is 0.489. The third-order valence-electron chi connectivity index (χ3n) is 4.46. The van der Waals surface area contributed by atoms with E-state index in [2.05, 4.69) is 27.1 Å². The summed E-state index contributed by atoms with van der Waals surface area (Å²) in [5.74, 6) is 1.60. The molecule has 1 aromatic carbocycles. The highest BCUT2D eigenvalue weighted by Gasteiger charge is 2.19. The lowest BCUT2D eigenvalue weighted by atomic mass is 10.1. The van der Waals surface area contributed by atoms with Crippen molar-refractivity contribution in [3.8, 4) is 17.1 Å². The van der Waals surface area contributed by atoms with Crippen molar-refractivity contribution >= 4 is 11.0 Å². The van der Waals surface area contributed by atoms with E-state index < -0.39 is 0 Å². The van der Waals surface area contributed by atoms with Gasteiger partial charge in [0.25, 0.3) is 5.56 Å². The second kappa shape index (κ2) is 8.26. The van der Waals surface area contributed by atoms with E-state index in [0.29, 0.717) is 41.5 Å². The molecule has 0 aliphatic heterocycles. The number of fused-ring (bicyclic) bond motifs is 1. The molecule has 0 saturated carbocycles. The van der Waals surface area contributed by atoms with Crippen molar-refractivity contribution in [1.82, 2.24) is 29.9 Å². The van der Waals surface area contributed by atoms with Crippen LogP contribution in [0, 0.1) is 0 Å². The van der Waals surface area contributed by atoms with Gasteiger partial charge in [0.2, 0.25) is 6.39 Å². The molecule has 0 radical (unpaired) electrons. The molecule has 0 atom stereocenters. The molecule has 0 unspecified atom stereocenters. The normalized spacial score (nSPS) is 11.2. The molecule has 0 aliphatic rings. The van der Waals surface area contributed by atoms with Gasteiger partial charge in [-0.2, -0.15) is 10.1 Å². The first-order valence-electron chi connectivity index (χ1n) is 9.68. The van der Waals surface area contributed by atoms with Crippen LogP contribution in [0.15, 0.2) is 40.0 Å². The van der Waals surface area contributed by atoms with Gasteiger partial charge in [0.1, 0.15) is 23.6 Å². The maximum atomic E-state index is 13.0. The van der Waals surface area contributed by atoms with Crippen LogP contribution in [-0.2, 0) is 13.0 Å². The van der Waals surface area contributed by atoms with Gasteiger partial charge in [-0.15, -0.1) is 0 Å². The topological polar surface area (TPSA) is 112 Å². The third-order valence-corrected chi connectivity index (χ3v) is 4.46. The van der Waals surface area contributed by atoms with Gasteiger partial charge in [-0.05, 0) is 25.0 Å². The fourth-order valence-electron chi connectivity index (χ4n) is 3.19. The zero-order chi connectivity index (χ0) is 20.2. The molecular weight excluding hydrogens is 372 g/mol. The van der Waals surface area contributed by atoms with Gasteiger partial charge in [0.05, 0.1) is 17.9 Å². The average Bonchev–Trinajstić information content (AvgIpc) is 3.36. The number of nitrogens with zero attached hydrogens (tertiary/aromatic N) is 5. The molecular formula is C20H22N6O3. The maximum absolute atomic E-state index is 13.0. The number of aryl methyl sites for hydroxylation is 1. The van der Waals surface area contributed by atoms with Crippen molar-refractivity contribution in [3.63, 3.8) is 0 Å². The Morgan fingerprint density at radius 1 is 1.21 bits per heavy atom. The van der Waals surface area contributed by atoms with Crippen LogP contribution >= 0.6 is 0 Å². The van der Waals surface area contributed by atoms with Gasteiger partial charge in [0.15, 0.2) is 11.3 Å². The first-order chi connectivity index (χ1) is 14.2. The fourth-order valence-corrected chi connectivity index (χ4v) is 3.19. The summed E-state index contributed by atoms with van der Waals surface area (Å²) in [6.07, 6.45) is 3.73. The Hall–Kier alpha value is -3.49. The van der Waals surface area contributed by atoms with Crippen molar-refractivity contribution in [3.05, 3.63) is 52.5 Å². The minimum Gasteiger partial charge on any atom is -0.493 e. The van der Waals surface area contributed by atoms with E-state index >= 15 is 0 Å². The van der Waals surface area contributed by atoms with E-state index in [9.17, 15) is 4.79 Å². The van der Waals surface area contributed by atoms with Crippen LogP contribution in [0.4, 0.5) is 0 Å². The SMILES string of the molecule is CCCOc1ccccc1-c1nc2c(CCC)nn(Cc3ncon3)c2c(=O)[nH]1. The Bertz CT molecular complexity index is 1160. The molecule has 0 bridgehead atoms. The lowest BCUT2D eigenvalue weighted by Gasteiger charge is -2.10. The first kappa shape index (κ1) is 18.9. The Balaban J connectivity index is 1.85. The highest BCUT2D eigenvalue weighted by atomic mass is 16.5. The van der Waals surface area contributed by atoms with Crippen LogP contribution in [0.25, 0.3) is 22.4 Å². The smallest absolute Gasteiger partial charge is 0.277 e. The second-order valence-corrected chi connectivity index (χ2v) is 6.66. The summed E-state index contributed by atoms with van der Waals surface area (Å²) in [5.41, 5.74) is 2.22. The van der Waals surface area contributed by atoms with Crippen LogP contribution in [-0.4, -0.2) is 36.5 Å². The van der Waals surface area contributed by atoms with Crippen LogP contribution in [0.3, 0.4) is 0 Å². The molecule has 4 rings (SSSR count). The Labute approximate surface area is 166 Å². The van der Waals surface area contributed by atoms with E-state index in [0.717, 1.165) is 24.1 Å². The zero-order valence-corrected chi connectivity index (χ0v) is 16.4. The van der Waals surface area contributed by atoms with E-state index in [-0.39, 0.29) is 12.1 Å². The Morgan fingerprint density at radius 3 is 2.83 bits per heavy atom. The standard InChI is InChI=1S/C20H22N6O3/c1-3-7-14-17-18(26(24-14)11-16-21-12-29-25-16)20(27)23-19(22-17)13-8-5-6-9-15(13)28-10-4-2/h5-6,8-9,12H,3-4,7,10-11H2,1-2H3,(H,22,23,27). The van der Waals surface area contributed by atoms with E-state index in [1.807, 2.05) is 31.2 Å². The molecule has 3 heterocycles. The number of para-hydroxylation sites is 1. The first-order valence-corrected chi connectivity index (χ1v) is 9.68. The number of hydrogen-bond acceptors (Lipinski definition) is 7. The number of rotatable bonds is 8. The molecule has 0 spiro atoms. The van der Waals surface area contributed by atoms with Gasteiger partial charge < -0.3 is 14.2 Å². The molecule has 1 N–H and O–H groups in total. The molecule has 0 fully saturated rings. The van der Waals surface area contributed by atoms with Crippen molar-refractivity contribution in [2.24, 2.45) is 0 Å². The largest absolute Gasteiger partial charge is 0.493 e. The number of ether oxygens (including phenoxy) is 1. The van der Waals surface area contributed by atoms with Gasteiger partial charge in [-0.25, -0.2) is 9.67 Å². The number of benzene rings is 1. The molecule has 0 saturated heterocycles. The highest BCUT2D eigenvalue weighted by molar-refractivity contribution is 5.79. The molecule has 9 heteroatoms. The van der Waals surface area contributed by atoms with Crippen LogP contribution in [0.1, 0.15) is 38.2 Å². The Morgan fingerprint density at radius 2 is 2.07 bits per heavy atom. The number of nitrogens with one attached hydrogen (secondary N) is 1.